The van der Waals surface area contributed by atoms with Crippen LogP contribution in [0.2, 0.25) is 0 Å². The number of hydrogen-bond acceptors (Lipinski definition) is 5. The Bertz CT molecular complexity index is 1280. The molecule has 1 aromatic carbocycles. The normalized spacial score (nSPS) is 21.1. The number of piperidine rings is 1. The summed E-state index contributed by atoms with van der Waals surface area (Å²) < 4.78 is 2.07. The molecule has 2 aromatic heterocycles. The summed E-state index contributed by atoms with van der Waals surface area (Å²) in [5.41, 5.74) is 5.85. The molecule has 0 aliphatic carbocycles. The molecule has 8 nitrogen and oxygen atoms in total. The standard InChI is InChI=1S/C24H23N5O3/c30-22-5-4-20(23(31)26-22)28-13-17-10-16(2-3-19(17)24(28)32)21-9-15(12-27-6-1-7-27)8-18-11-25-14-29(18)21/h2-3,8-11,14,20H,1,4-7,12-13H2,(H,26,30,31). The fraction of sp³-hybridized carbons (Fsp3) is 0.333. The minimum Gasteiger partial charge on any atom is -0.322 e. The quantitative estimate of drug-likeness (QED) is 0.641. The summed E-state index contributed by atoms with van der Waals surface area (Å²) in [4.78, 5) is 45.1. The van der Waals surface area contributed by atoms with Crippen molar-refractivity contribution in [1.82, 2.24) is 24.5 Å². The van der Waals surface area contributed by atoms with E-state index in [1.54, 1.807) is 4.90 Å². The Morgan fingerprint density at radius 2 is 1.97 bits per heavy atom. The van der Waals surface area contributed by atoms with Gasteiger partial charge in [-0.1, -0.05) is 6.07 Å². The van der Waals surface area contributed by atoms with Crippen molar-refractivity contribution < 1.29 is 14.4 Å². The molecule has 1 atom stereocenters. The van der Waals surface area contributed by atoms with Crippen molar-refractivity contribution >= 4 is 23.2 Å². The lowest BCUT2D eigenvalue weighted by molar-refractivity contribution is -0.136. The van der Waals surface area contributed by atoms with Gasteiger partial charge in [-0.25, -0.2) is 4.98 Å². The van der Waals surface area contributed by atoms with Crippen LogP contribution >= 0.6 is 0 Å². The number of imide groups is 1. The molecule has 0 spiro atoms. The van der Waals surface area contributed by atoms with E-state index in [-0.39, 0.29) is 24.1 Å². The van der Waals surface area contributed by atoms with E-state index in [2.05, 4.69) is 31.7 Å². The topological polar surface area (TPSA) is 87.0 Å². The highest BCUT2D eigenvalue weighted by Gasteiger charge is 2.39. The van der Waals surface area contributed by atoms with Crippen LogP contribution in [0.5, 0.6) is 0 Å². The highest BCUT2D eigenvalue weighted by molar-refractivity contribution is 6.05. The lowest BCUT2D eigenvalue weighted by Crippen LogP contribution is -2.52. The average molecular weight is 429 g/mol. The molecular weight excluding hydrogens is 406 g/mol. The van der Waals surface area contributed by atoms with E-state index in [1.165, 1.54) is 12.0 Å². The van der Waals surface area contributed by atoms with Crippen LogP contribution in [0, 0.1) is 0 Å². The molecule has 3 aromatic rings. The predicted molar refractivity (Wildman–Crippen MR) is 117 cm³/mol. The molecular formula is C24H23N5O3. The summed E-state index contributed by atoms with van der Waals surface area (Å²) in [6, 6.07) is 9.63. The highest BCUT2D eigenvalue weighted by atomic mass is 16.2. The number of pyridine rings is 1. The molecule has 3 aliphatic heterocycles. The van der Waals surface area contributed by atoms with E-state index >= 15 is 0 Å². The van der Waals surface area contributed by atoms with E-state index in [0.29, 0.717) is 18.5 Å². The Kier molecular flexibility index (Phi) is 4.36. The third-order valence-electron chi connectivity index (χ3n) is 6.76. The minimum absolute atomic E-state index is 0.152. The van der Waals surface area contributed by atoms with Gasteiger partial charge in [-0.05, 0) is 66.9 Å². The lowest BCUT2D eigenvalue weighted by atomic mass is 10.0. The summed E-state index contributed by atoms with van der Waals surface area (Å²) >= 11 is 0. The molecule has 8 heteroatoms. The van der Waals surface area contributed by atoms with E-state index in [4.69, 9.17) is 0 Å². The van der Waals surface area contributed by atoms with Crippen LogP contribution in [-0.2, 0) is 22.7 Å². The highest BCUT2D eigenvalue weighted by Crippen LogP contribution is 2.32. The summed E-state index contributed by atoms with van der Waals surface area (Å²) in [5, 5.41) is 2.35. The van der Waals surface area contributed by atoms with Crippen LogP contribution in [0.3, 0.4) is 0 Å². The molecule has 5 heterocycles. The van der Waals surface area contributed by atoms with Gasteiger partial charge in [0.15, 0.2) is 0 Å². The third kappa shape index (κ3) is 3.10. The zero-order chi connectivity index (χ0) is 21.8. The summed E-state index contributed by atoms with van der Waals surface area (Å²) in [7, 11) is 0. The fourth-order valence-electron chi connectivity index (χ4n) is 4.94. The molecule has 2 saturated heterocycles. The van der Waals surface area contributed by atoms with Gasteiger partial charge >= 0.3 is 0 Å². The van der Waals surface area contributed by atoms with E-state index in [1.807, 2.05) is 30.7 Å². The summed E-state index contributed by atoms with van der Waals surface area (Å²) in [6.45, 7) is 3.56. The van der Waals surface area contributed by atoms with Crippen LogP contribution < -0.4 is 5.32 Å². The largest absolute Gasteiger partial charge is 0.322 e. The first-order valence-corrected chi connectivity index (χ1v) is 11.0. The van der Waals surface area contributed by atoms with Crippen molar-refractivity contribution in [2.24, 2.45) is 0 Å². The third-order valence-corrected chi connectivity index (χ3v) is 6.76. The second kappa shape index (κ2) is 7.27. The van der Waals surface area contributed by atoms with Gasteiger partial charge in [-0.3, -0.25) is 29.0 Å². The van der Waals surface area contributed by atoms with Crippen molar-refractivity contribution in [2.45, 2.75) is 38.4 Å². The Morgan fingerprint density at radius 3 is 2.75 bits per heavy atom. The van der Waals surface area contributed by atoms with Crippen LogP contribution in [0.25, 0.3) is 16.8 Å². The smallest absolute Gasteiger partial charge is 0.255 e. The molecule has 1 N–H and O–H groups in total. The van der Waals surface area contributed by atoms with Gasteiger partial charge in [0.2, 0.25) is 11.8 Å². The number of rotatable bonds is 4. The van der Waals surface area contributed by atoms with Gasteiger partial charge in [-0.2, -0.15) is 0 Å². The van der Waals surface area contributed by atoms with Crippen LogP contribution in [0.1, 0.15) is 40.7 Å². The molecule has 32 heavy (non-hydrogen) atoms. The number of benzene rings is 1. The Hall–Kier alpha value is -3.52. The van der Waals surface area contributed by atoms with Crippen molar-refractivity contribution in [3.8, 4) is 11.3 Å². The number of fused-ring (bicyclic) bond motifs is 2. The van der Waals surface area contributed by atoms with E-state index < -0.39 is 6.04 Å². The van der Waals surface area contributed by atoms with Gasteiger partial charge in [0.1, 0.15) is 6.04 Å². The predicted octanol–water partition coefficient (Wildman–Crippen LogP) is 1.97. The first kappa shape index (κ1) is 19.2. The van der Waals surface area contributed by atoms with Gasteiger partial charge < -0.3 is 4.90 Å². The van der Waals surface area contributed by atoms with Gasteiger partial charge in [0, 0.05) is 25.1 Å². The molecule has 0 radical (unpaired) electrons. The first-order valence-electron chi connectivity index (χ1n) is 11.0. The Labute approximate surface area is 184 Å². The van der Waals surface area contributed by atoms with Crippen LogP contribution in [-0.4, -0.2) is 56.0 Å². The number of likely N-dealkylation sites (tertiary alicyclic amines) is 1. The molecule has 162 valence electrons. The summed E-state index contributed by atoms with van der Waals surface area (Å²) in [5.74, 6) is -0.818. The average Bonchev–Trinajstić information content (AvgIpc) is 3.34. The van der Waals surface area contributed by atoms with Crippen molar-refractivity contribution in [3.63, 3.8) is 0 Å². The Balaban J connectivity index is 1.34. The van der Waals surface area contributed by atoms with Gasteiger partial charge in [0.05, 0.1) is 23.7 Å². The molecule has 3 aliphatic rings. The minimum atomic E-state index is -0.601. The van der Waals surface area contributed by atoms with Gasteiger partial charge in [0.25, 0.3) is 5.91 Å². The Morgan fingerprint density at radius 1 is 1.09 bits per heavy atom. The molecule has 0 bridgehead atoms. The SMILES string of the molecule is O=C1CCC(N2Cc3cc(-c4cc(CN5CCC5)cc5cncn45)ccc3C2=O)C(=O)N1. The number of amides is 3. The maximum Gasteiger partial charge on any atom is 0.255 e. The maximum absolute atomic E-state index is 13.0. The maximum atomic E-state index is 13.0. The second-order valence-electron chi connectivity index (χ2n) is 8.84. The number of carbonyl (C=O) groups is 3. The van der Waals surface area contributed by atoms with Crippen LogP contribution in [0.15, 0.2) is 42.9 Å². The van der Waals surface area contributed by atoms with Crippen molar-refractivity contribution in [2.75, 3.05) is 13.1 Å². The van der Waals surface area contributed by atoms with Crippen molar-refractivity contribution in [3.05, 3.63) is 59.5 Å². The molecule has 3 amide bonds. The lowest BCUT2D eigenvalue weighted by Gasteiger charge is -2.30. The molecule has 1 unspecified atom stereocenters. The number of hydrogen-bond donors (Lipinski definition) is 1. The molecule has 2 fully saturated rings. The number of imidazole rings is 1. The molecule has 6 rings (SSSR count). The zero-order valence-corrected chi connectivity index (χ0v) is 17.6. The fourth-order valence-corrected chi connectivity index (χ4v) is 4.94. The number of nitrogens with zero attached hydrogens (tertiary/aromatic N) is 4. The summed E-state index contributed by atoms with van der Waals surface area (Å²) in [6.07, 6.45) is 5.55. The number of nitrogens with one attached hydrogen (secondary N) is 1. The zero-order valence-electron chi connectivity index (χ0n) is 17.6. The monoisotopic (exact) mass is 429 g/mol. The molecule has 0 saturated carbocycles. The van der Waals surface area contributed by atoms with Gasteiger partial charge in [-0.15, -0.1) is 0 Å². The van der Waals surface area contributed by atoms with Crippen LogP contribution in [0.4, 0.5) is 0 Å². The second-order valence-corrected chi connectivity index (χ2v) is 8.84. The number of carbonyl (C=O) groups excluding carboxylic acids is 3. The van der Waals surface area contributed by atoms with Crippen molar-refractivity contribution in [1.29, 1.82) is 0 Å². The first-order chi connectivity index (χ1) is 15.6. The number of aromatic nitrogens is 2. The van der Waals surface area contributed by atoms with E-state index in [0.717, 1.165) is 42.0 Å². The van der Waals surface area contributed by atoms with E-state index in [9.17, 15) is 14.4 Å².